The van der Waals surface area contributed by atoms with Crippen LogP contribution in [0.4, 0.5) is 5.82 Å². The predicted octanol–water partition coefficient (Wildman–Crippen LogP) is 3.38. The first kappa shape index (κ1) is 12.8. The van der Waals surface area contributed by atoms with Crippen molar-refractivity contribution < 1.29 is 0 Å². The first-order chi connectivity index (χ1) is 8.56. The Kier molecular flexibility index (Phi) is 3.82. The van der Waals surface area contributed by atoms with Gasteiger partial charge >= 0.3 is 0 Å². The van der Waals surface area contributed by atoms with Crippen LogP contribution in [0.3, 0.4) is 0 Å². The summed E-state index contributed by atoms with van der Waals surface area (Å²) >= 11 is 5.95. The summed E-state index contributed by atoms with van der Waals surface area (Å²) in [4.78, 5) is 10.5. The van der Waals surface area contributed by atoms with Crippen molar-refractivity contribution in [3.8, 4) is 0 Å². The lowest BCUT2D eigenvalue weighted by atomic mass is 10.1. The Morgan fingerprint density at radius 3 is 2.56 bits per heavy atom. The molecule has 3 nitrogen and oxygen atoms in total. The van der Waals surface area contributed by atoms with Crippen molar-refractivity contribution in [2.45, 2.75) is 20.4 Å². The Labute approximate surface area is 112 Å². The number of benzene rings is 1. The molecule has 0 saturated carbocycles. The average molecular weight is 262 g/mol. The van der Waals surface area contributed by atoms with Crippen LogP contribution in [0, 0.1) is 13.8 Å². The Morgan fingerprint density at radius 2 is 1.89 bits per heavy atom. The molecule has 0 saturated heterocycles. The fraction of sp³-hybridized carbons (Fsp3) is 0.286. The maximum atomic E-state index is 5.95. The van der Waals surface area contributed by atoms with Crippen LogP contribution in [-0.2, 0) is 6.54 Å². The van der Waals surface area contributed by atoms with Gasteiger partial charge in [-0.15, -0.1) is 0 Å². The van der Waals surface area contributed by atoms with Gasteiger partial charge in [-0.1, -0.05) is 35.9 Å². The molecule has 0 aliphatic rings. The molecule has 0 spiro atoms. The van der Waals surface area contributed by atoms with Crippen molar-refractivity contribution >= 4 is 17.4 Å². The molecule has 2 rings (SSSR count). The zero-order valence-electron chi connectivity index (χ0n) is 10.8. The molecule has 0 amide bonds. The first-order valence-corrected chi connectivity index (χ1v) is 6.21. The third-order valence-electron chi connectivity index (χ3n) is 2.85. The largest absolute Gasteiger partial charge is 0.355 e. The minimum atomic E-state index is 0.481. The van der Waals surface area contributed by atoms with Gasteiger partial charge in [0.25, 0.3) is 0 Å². The molecule has 0 aliphatic heterocycles. The normalized spacial score (nSPS) is 10.4. The van der Waals surface area contributed by atoms with Gasteiger partial charge in [-0.25, -0.2) is 9.97 Å². The SMILES string of the molecule is Cc1nc(Cl)cc(N(C)Cc2ccccc2C)n1. The van der Waals surface area contributed by atoms with E-state index in [2.05, 4.69) is 33.9 Å². The molecule has 0 aliphatic carbocycles. The van der Waals surface area contributed by atoms with Crippen LogP contribution >= 0.6 is 11.6 Å². The number of rotatable bonds is 3. The lowest BCUT2D eigenvalue weighted by Crippen LogP contribution is -2.18. The zero-order valence-corrected chi connectivity index (χ0v) is 11.6. The van der Waals surface area contributed by atoms with Crippen molar-refractivity contribution in [2.75, 3.05) is 11.9 Å². The quantitative estimate of drug-likeness (QED) is 0.793. The molecule has 0 N–H and O–H groups in total. The van der Waals surface area contributed by atoms with E-state index < -0.39 is 0 Å². The monoisotopic (exact) mass is 261 g/mol. The second-order valence-corrected chi connectivity index (χ2v) is 4.77. The summed E-state index contributed by atoms with van der Waals surface area (Å²) < 4.78 is 0. The summed E-state index contributed by atoms with van der Waals surface area (Å²) in [5.74, 6) is 1.53. The molecule has 0 fully saturated rings. The Morgan fingerprint density at radius 1 is 1.17 bits per heavy atom. The van der Waals surface area contributed by atoms with Crippen molar-refractivity contribution in [1.29, 1.82) is 0 Å². The van der Waals surface area contributed by atoms with E-state index in [0.717, 1.165) is 12.4 Å². The smallest absolute Gasteiger partial charge is 0.134 e. The van der Waals surface area contributed by atoms with Gasteiger partial charge in [-0.05, 0) is 25.0 Å². The van der Waals surface area contributed by atoms with E-state index in [1.807, 2.05) is 26.1 Å². The summed E-state index contributed by atoms with van der Waals surface area (Å²) in [5.41, 5.74) is 2.56. The number of hydrogen-bond donors (Lipinski definition) is 0. The topological polar surface area (TPSA) is 29.0 Å². The summed E-state index contributed by atoms with van der Waals surface area (Å²) in [6, 6.07) is 10.1. The van der Waals surface area contributed by atoms with Crippen LogP contribution < -0.4 is 4.90 Å². The van der Waals surface area contributed by atoms with Crippen LogP contribution in [0.25, 0.3) is 0 Å². The maximum absolute atomic E-state index is 5.95. The van der Waals surface area contributed by atoms with Crippen molar-refractivity contribution in [3.63, 3.8) is 0 Å². The Hall–Kier alpha value is -1.61. The van der Waals surface area contributed by atoms with Crippen LogP contribution in [0.15, 0.2) is 30.3 Å². The highest BCUT2D eigenvalue weighted by molar-refractivity contribution is 6.29. The number of nitrogens with zero attached hydrogens (tertiary/aromatic N) is 3. The van der Waals surface area contributed by atoms with E-state index >= 15 is 0 Å². The van der Waals surface area contributed by atoms with Gasteiger partial charge in [0.05, 0.1) is 0 Å². The Balaban J connectivity index is 2.22. The molecular formula is C14H16ClN3. The van der Waals surface area contributed by atoms with Gasteiger partial charge < -0.3 is 4.90 Å². The summed E-state index contributed by atoms with van der Waals surface area (Å²) in [6.45, 7) is 4.76. The third kappa shape index (κ3) is 2.99. The molecule has 1 aromatic heterocycles. The van der Waals surface area contributed by atoms with E-state index in [1.165, 1.54) is 11.1 Å². The van der Waals surface area contributed by atoms with E-state index in [1.54, 1.807) is 6.07 Å². The minimum absolute atomic E-state index is 0.481. The molecule has 2 aromatic rings. The summed E-state index contributed by atoms with van der Waals surface area (Å²) in [7, 11) is 2.00. The molecule has 94 valence electrons. The molecular weight excluding hydrogens is 246 g/mol. The standard InChI is InChI=1S/C14H16ClN3/c1-10-6-4-5-7-12(10)9-18(3)14-8-13(15)16-11(2)17-14/h4-8H,9H2,1-3H3. The van der Waals surface area contributed by atoms with Gasteiger partial charge in [-0.3, -0.25) is 0 Å². The van der Waals surface area contributed by atoms with Gasteiger partial charge in [0.2, 0.25) is 0 Å². The predicted molar refractivity (Wildman–Crippen MR) is 75.1 cm³/mol. The molecule has 1 aromatic carbocycles. The molecule has 1 heterocycles. The lowest BCUT2D eigenvalue weighted by Gasteiger charge is -2.19. The average Bonchev–Trinajstić information content (AvgIpc) is 2.31. The molecule has 0 radical (unpaired) electrons. The van der Waals surface area contributed by atoms with Crippen molar-refractivity contribution in [3.05, 3.63) is 52.4 Å². The third-order valence-corrected chi connectivity index (χ3v) is 3.05. The first-order valence-electron chi connectivity index (χ1n) is 5.83. The number of anilines is 1. The number of aryl methyl sites for hydroxylation is 2. The highest BCUT2D eigenvalue weighted by Crippen LogP contribution is 2.18. The van der Waals surface area contributed by atoms with E-state index in [9.17, 15) is 0 Å². The highest BCUT2D eigenvalue weighted by Gasteiger charge is 2.07. The van der Waals surface area contributed by atoms with Crippen LogP contribution in [0.1, 0.15) is 17.0 Å². The van der Waals surface area contributed by atoms with E-state index in [-0.39, 0.29) is 0 Å². The van der Waals surface area contributed by atoms with Gasteiger partial charge in [0.1, 0.15) is 16.8 Å². The van der Waals surface area contributed by atoms with E-state index in [4.69, 9.17) is 11.6 Å². The molecule has 0 bridgehead atoms. The van der Waals surface area contributed by atoms with Gasteiger partial charge in [0, 0.05) is 19.7 Å². The van der Waals surface area contributed by atoms with Gasteiger partial charge in [-0.2, -0.15) is 0 Å². The van der Waals surface area contributed by atoms with Gasteiger partial charge in [0.15, 0.2) is 0 Å². The summed E-state index contributed by atoms with van der Waals surface area (Å²) in [6.07, 6.45) is 0. The zero-order chi connectivity index (χ0) is 13.1. The van der Waals surface area contributed by atoms with E-state index in [0.29, 0.717) is 11.0 Å². The molecule has 0 atom stereocenters. The Bertz CT molecular complexity index is 534. The fourth-order valence-corrected chi connectivity index (χ4v) is 2.06. The molecule has 0 unspecified atom stereocenters. The number of aromatic nitrogens is 2. The summed E-state index contributed by atoms with van der Waals surface area (Å²) in [5, 5.41) is 0.481. The van der Waals surface area contributed by atoms with Crippen LogP contribution in [0.2, 0.25) is 5.15 Å². The van der Waals surface area contributed by atoms with Crippen molar-refractivity contribution in [2.24, 2.45) is 0 Å². The maximum Gasteiger partial charge on any atom is 0.134 e. The fourth-order valence-electron chi connectivity index (χ4n) is 1.84. The van der Waals surface area contributed by atoms with Crippen LogP contribution in [0.5, 0.6) is 0 Å². The second-order valence-electron chi connectivity index (χ2n) is 4.38. The molecule has 18 heavy (non-hydrogen) atoms. The lowest BCUT2D eigenvalue weighted by molar-refractivity contribution is 0.874. The van der Waals surface area contributed by atoms with Crippen molar-refractivity contribution in [1.82, 2.24) is 9.97 Å². The van der Waals surface area contributed by atoms with Crippen LogP contribution in [-0.4, -0.2) is 17.0 Å². The minimum Gasteiger partial charge on any atom is -0.355 e. The molecule has 4 heteroatoms. The highest BCUT2D eigenvalue weighted by atomic mass is 35.5. The number of halogens is 1. The number of hydrogen-bond acceptors (Lipinski definition) is 3. The second kappa shape index (κ2) is 5.36.